The molecule has 4 aromatic rings. The van der Waals surface area contributed by atoms with Gasteiger partial charge < -0.3 is 25.1 Å². The lowest BCUT2D eigenvalue weighted by atomic mass is 9.95. The molecule has 10 nitrogen and oxygen atoms in total. The molecule has 0 aliphatic carbocycles. The first-order valence-electron chi connectivity index (χ1n) is 13.6. The number of carbonyl (C=O) groups is 4. The molecule has 218 valence electrons. The number of carboxylic acid groups (broad SMARTS) is 1. The van der Waals surface area contributed by atoms with Crippen LogP contribution in [0.5, 0.6) is 0 Å². The maximum Gasteiger partial charge on any atom is 0.349 e. The second kappa shape index (κ2) is 10.7. The minimum atomic E-state index is -1.25. The van der Waals surface area contributed by atoms with Crippen molar-refractivity contribution in [1.29, 1.82) is 0 Å². The highest BCUT2D eigenvalue weighted by molar-refractivity contribution is 8.01. The summed E-state index contributed by atoms with van der Waals surface area (Å²) < 4.78 is 4.68. The largest absolute Gasteiger partial charge is 0.480 e. The molecular formula is C32H27N3O7S. The maximum atomic E-state index is 13.6. The fourth-order valence-electron chi connectivity index (χ4n) is 5.63. The average molecular weight is 598 g/mol. The molecule has 2 saturated heterocycles. The van der Waals surface area contributed by atoms with Gasteiger partial charge >= 0.3 is 11.6 Å². The topological polar surface area (TPSA) is 146 Å². The van der Waals surface area contributed by atoms with Gasteiger partial charge in [0.1, 0.15) is 34.6 Å². The van der Waals surface area contributed by atoms with Crippen molar-refractivity contribution in [3.63, 3.8) is 0 Å². The first kappa shape index (κ1) is 28.2. The summed E-state index contributed by atoms with van der Waals surface area (Å²) in [5.41, 5.74) is 1.41. The van der Waals surface area contributed by atoms with Crippen LogP contribution in [0.4, 0.5) is 0 Å². The van der Waals surface area contributed by atoms with Gasteiger partial charge in [-0.2, -0.15) is 0 Å². The lowest BCUT2D eigenvalue weighted by Crippen LogP contribution is -2.71. The first-order chi connectivity index (χ1) is 20.5. The number of β-lactam (4-membered cyclic amide) rings is 1. The number of rotatable bonds is 7. The Morgan fingerprint density at radius 1 is 0.930 bits per heavy atom. The number of benzene rings is 3. The van der Waals surface area contributed by atoms with Crippen molar-refractivity contribution in [1.82, 2.24) is 15.5 Å². The fourth-order valence-corrected chi connectivity index (χ4v) is 7.25. The quantitative estimate of drug-likeness (QED) is 0.217. The van der Waals surface area contributed by atoms with E-state index >= 15 is 0 Å². The van der Waals surface area contributed by atoms with Gasteiger partial charge in [-0.1, -0.05) is 66.7 Å². The van der Waals surface area contributed by atoms with Gasteiger partial charge in [-0.25, -0.2) is 9.59 Å². The van der Waals surface area contributed by atoms with E-state index in [-0.39, 0.29) is 5.56 Å². The van der Waals surface area contributed by atoms with E-state index in [0.717, 1.165) is 11.1 Å². The van der Waals surface area contributed by atoms with Crippen molar-refractivity contribution in [2.45, 2.75) is 42.1 Å². The Bertz CT molecular complexity index is 1820. The van der Waals surface area contributed by atoms with E-state index in [1.807, 2.05) is 42.5 Å². The molecule has 3 aromatic carbocycles. The van der Waals surface area contributed by atoms with Crippen molar-refractivity contribution < 1.29 is 28.7 Å². The molecule has 3 heterocycles. The SMILES string of the molecule is CC1(C)S[C@@H]2[C@H](NC(=O)C(NC(=O)c3cc4cc(-c5ccccc5)ccc4oc3=O)c3ccccc3)C(=O)N2[C@H]1C(=O)O. The zero-order chi connectivity index (χ0) is 30.5. The fraction of sp³-hybridized carbons (Fsp3) is 0.219. The van der Waals surface area contributed by atoms with Gasteiger partial charge in [-0.3, -0.25) is 14.4 Å². The number of hydrogen-bond acceptors (Lipinski definition) is 7. The number of aliphatic carboxylic acids is 1. The predicted octanol–water partition coefficient (Wildman–Crippen LogP) is 3.56. The van der Waals surface area contributed by atoms with Gasteiger partial charge in [0.15, 0.2) is 0 Å². The van der Waals surface area contributed by atoms with Gasteiger partial charge in [-0.05, 0) is 48.7 Å². The molecule has 11 heteroatoms. The Hall–Kier alpha value is -4.90. The molecule has 4 atom stereocenters. The Labute approximate surface area is 250 Å². The highest BCUT2D eigenvalue weighted by Gasteiger charge is 2.64. The lowest BCUT2D eigenvalue weighted by molar-refractivity contribution is -0.161. The minimum Gasteiger partial charge on any atom is -0.480 e. The monoisotopic (exact) mass is 597 g/mol. The molecule has 2 aliphatic rings. The van der Waals surface area contributed by atoms with E-state index in [2.05, 4.69) is 10.6 Å². The Morgan fingerprint density at radius 3 is 2.28 bits per heavy atom. The lowest BCUT2D eigenvalue weighted by Gasteiger charge is -2.44. The Kier molecular flexibility index (Phi) is 7.05. The summed E-state index contributed by atoms with van der Waals surface area (Å²) >= 11 is 1.30. The van der Waals surface area contributed by atoms with Crippen molar-refractivity contribution in [3.05, 3.63) is 106 Å². The highest BCUT2D eigenvalue weighted by Crippen LogP contribution is 2.50. The van der Waals surface area contributed by atoms with Crippen molar-refractivity contribution in [3.8, 4) is 11.1 Å². The number of thioether (sulfide) groups is 1. The molecule has 0 spiro atoms. The number of nitrogens with zero attached hydrogens (tertiary/aromatic N) is 1. The van der Waals surface area contributed by atoms with Crippen molar-refractivity contribution in [2.24, 2.45) is 0 Å². The predicted molar refractivity (Wildman–Crippen MR) is 160 cm³/mol. The Morgan fingerprint density at radius 2 is 1.60 bits per heavy atom. The van der Waals surface area contributed by atoms with Crippen LogP contribution in [0, 0.1) is 0 Å². The van der Waals surface area contributed by atoms with Crippen LogP contribution in [0.2, 0.25) is 0 Å². The van der Waals surface area contributed by atoms with Gasteiger partial charge in [0, 0.05) is 10.1 Å². The summed E-state index contributed by atoms with van der Waals surface area (Å²) in [7, 11) is 0. The minimum absolute atomic E-state index is 0.283. The van der Waals surface area contributed by atoms with E-state index in [4.69, 9.17) is 4.42 Å². The molecule has 3 N–H and O–H groups in total. The third-order valence-electron chi connectivity index (χ3n) is 7.73. The Balaban J connectivity index is 1.27. The second-order valence-electron chi connectivity index (χ2n) is 11.0. The summed E-state index contributed by atoms with van der Waals surface area (Å²) in [6, 6.07) is 21.5. The second-order valence-corrected chi connectivity index (χ2v) is 12.7. The smallest absolute Gasteiger partial charge is 0.349 e. The normalized spacial score (nSPS) is 21.0. The molecule has 0 bridgehead atoms. The third-order valence-corrected chi connectivity index (χ3v) is 9.30. The molecule has 2 aliphatic heterocycles. The third kappa shape index (κ3) is 5.05. The zero-order valence-corrected chi connectivity index (χ0v) is 24.0. The van der Waals surface area contributed by atoms with Crippen molar-refractivity contribution in [2.75, 3.05) is 0 Å². The van der Waals surface area contributed by atoms with Crippen LogP contribution in [0.15, 0.2) is 94.1 Å². The van der Waals surface area contributed by atoms with Crippen LogP contribution in [-0.2, 0) is 14.4 Å². The molecular weight excluding hydrogens is 570 g/mol. The van der Waals surface area contributed by atoms with E-state index in [9.17, 15) is 29.1 Å². The van der Waals surface area contributed by atoms with Crippen LogP contribution in [-0.4, -0.2) is 55.9 Å². The summed E-state index contributed by atoms with van der Waals surface area (Å²) in [5.74, 6) is -3.12. The van der Waals surface area contributed by atoms with E-state index < -0.39 is 57.6 Å². The first-order valence-corrected chi connectivity index (χ1v) is 14.5. The summed E-state index contributed by atoms with van der Waals surface area (Å²) in [6.45, 7) is 3.48. The van der Waals surface area contributed by atoms with Gasteiger partial charge in [-0.15, -0.1) is 11.8 Å². The maximum absolute atomic E-state index is 13.6. The van der Waals surface area contributed by atoms with Crippen LogP contribution >= 0.6 is 11.8 Å². The summed E-state index contributed by atoms with van der Waals surface area (Å²) in [4.78, 5) is 66.0. The summed E-state index contributed by atoms with van der Waals surface area (Å²) in [5, 5.41) is 15.0. The zero-order valence-electron chi connectivity index (χ0n) is 23.1. The number of nitrogens with one attached hydrogen (secondary N) is 2. The molecule has 6 rings (SSSR count). The molecule has 43 heavy (non-hydrogen) atoms. The molecule has 2 fully saturated rings. The van der Waals surface area contributed by atoms with Crippen molar-refractivity contribution >= 4 is 46.4 Å². The average Bonchev–Trinajstić information content (AvgIpc) is 3.26. The summed E-state index contributed by atoms with van der Waals surface area (Å²) in [6.07, 6.45) is 0. The highest BCUT2D eigenvalue weighted by atomic mass is 32.2. The van der Waals surface area contributed by atoms with Crippen LogP contribution in [0.25, 0.3) is 22.1 Å². The number of amides is 3. The molecule has 0 radical (unpaired) electrons. The molecule has 1 unspecified atom stereocenters. The van der Waals surface area contributed by atoms with Crippen LogP contribution in [0.3, 0.4) is 0 Å². The van der Waals surface area contributed by atoms with Crippen LogP contribution in [0.1, 0.15) is 35.8 Å². The number of fused-ring (bicyclic) bond motifs is 2. The molecule has 3 amide bonds. The van der Waals surface area contributed by atoms with E-state index in [1.165, 1.54) is 22.7 Å². The van der Waals surface area contributed by atoms with E-state index in [1.54, 1.807) is 50.2 Å². The number of carbonyl (C=O) groups excluding carboxylic acids is 3. The molecule has 0 saturated carbocycles. The van der Waals surface area contributed by atoms with Gasteiger partial charge in [0.2, 0.25) is 11.8 Å². The van der Waals surface area contributed by atoms with E-state index in [0.29, 0.717) is 16.5 Å². The number of hydrogen-bond donors (Lipinski definition) is 3. The van der Waals surface area contributed by atoms with Gasteiger partial charge in [0.25, 0.3) is 5.91 Å². The number of carboxylic acids is 1. The van der Waals surface area contributed by atoms with Crippen LogP contribution < -0.4 is 16.3 Å². The standard InChI is InChI=1S/C32H27N3O7S/c1-32(2)25(30(39)40)35-28(38)24(29(35)43-32)34-27(37)23(18-11-7-4-8-12-18)33-26(36)21-16-20-15-19(17-9-5-3-6-10-17)13-14-22(20)42-31(21)41/h3-16,23-25,29H,1-2H3,(H,33,36)(H,34,37)(H,39,40)/t23?,24-,25+,29-/m1/s1. The molecule has 1 aromatic heterocycles. The van der Waals surface area contributed by atoms with Gasteiger partial charge in [0.05, 0.1) is 0 Å².